The second-order valence-corrected chi connectivity index (χ2v) is 3.58. The van der Waals surface area contributed by atoms with Gasteiger partial charge in [0.15, 0.2) is 5.96 Å². The average Bonchev–Trinajstić information content (AvgIpc) is 2.16. The van der Waals surface area contributed by atoms with Crippen molar-refractivity contribution in [2.24, 2.45) is 4.99 Å². The maximum atomic E-state index is 4.12. The number of aliphatic imine (C=N–C) groups is 1. The quantitative estimate of drug-likeness (QED) is 0.332. The minimum absolute atomic E-state index is 0. The van der Waals surface area contributed by atoms with E-state index in [9.17, 15) is 0 Å². The summed E-state index contributed by atoms with van der Waals surface area (Å²) in [7, 11) is 5.98. The first-order valence-electron chi connectivity index (χ1n) is 5.30. The van der Waals surface area contributed by atoms with Crippen LogP contribution < -0.4 is 10.6 Å². The molecule has 15 heavy (non-hydrogen) atoms. The summed E-state index contributed by atoms with van der Waals surface area (Å²) in [6.45, 7) is 5.21. The lowest BCUT2D eigenvalue weighted by atomic mass is 10.4. The van der Waals surface area contributed by atoms with Gasteiger partial charge in [-0.25, -0.2) is 0 Å². The van der Waals surface area contributed by atoms with Crippen molar-refractivity contribution in [2.45, 2.75) is 19.8 Å². The van der Waals surface area contributed by atoms with Gasteiger partial charge in [0.2, 0.25) is 0 Å². The monoisotopic (exact) mass is 328 g/mol. The Labute approximate surface area is 111 Å². The predicted molar refractivity (Wildman–Crippen MR) is 78.2 cm³/mol. The van der Waals surface area contributed by atoms with Crippen molar-refractivity contribution in [1.29, 1.82) is 0 Å². The molecule has 0 unspecified atom stereocenters. The summed E-state index contributed by atoms with van der Waals surface area (Å²) in [5.74, 6) is 0.908. The van der Waals surface area contributed by atoms with E-state index in [2.05, 4.69) is 41.5 Å². The molecule has 0 saturated carbocycles. The number of nitrogens with zero attached hydrogens (tertiary/aromatic N) is 2. The molecule has 0 saturated heterocycles. The van der Waals surface area contributed by atoms with Crippen molar-refractivity contribution in [1.82, 2.24) is 15.5 Å². The molecule has 0 aliphatic heterocycles. The Bertz CT molecular complexity index is 160. The van der Waals surface area contributed by atoms with E-state index in [1.807, 2.05) is 0 Å². The predicted octanol–water partition coefficient (Wildman–Crippen LogP) is 1.13. The van der Waals surface area contributed by atoms with Crippen LogP contribution in [-0.2, 0) is 0 Å². The molecular weight excluding hydrogens is 303 g/mol. The number of guanidine groups is 1. The Morgan fingerprint density at radius 1 is 1.20 bits per heavy atom. The van der Waals surface area contributed by atoms with Gasteiger partial charge in [-0.05, 0) is 33.5 Å². The van der Waals surface area contributed by atoms with E-state index in [-0.39, 0.29) is 24.0 Å². The fraction of sp³-hybridized carbons (Fsp3) is 0.900. The van der Waals surface area contributed by atoms with Crippen LogP contribution in [0, 0.1) is 0 Å². The van der Waals surface area contributed by atoms with Gasteiger partial charge in [-0.1, -0.05) is 6.92 Å². The first-order valence-corrected chi connectivity index (χ1v) is 5.30. The third-order valence-corrected chi connectivity index (χ3v) is 1.84. The van der Waals surface area contributed by atoms with E-state index in [0.717, 1.165) is 38.4 Å². The number of halogens is 1. The molecule has 0 amide bonds. The van der Waals surface area contributed by atoms with Crippen molar-refractivity contribution in [2.75, 3.05) is 40.8 Å². The van der Waals surface area contributed by atoms with Crippen LogP contribution in [0.15, 0.2) is 4.99 Å². The third-order valence-electron chi connectivity index (χ3n) is 1.84. The van der Waals surface area contributed by atoms with Gasteiger partial charge < -0.3 is 15.5 Å². The van der Waals surface area contributed by atoms with Gasteiger partial charge in [0.1, 0.15) is 0 Å². The Morgan fingerprint density at radius 3 is 2.27 bits per heavy atom. The summed E-state index contributed by atoms with van der Waals surface area (Å²) in [5.41, 5.74) is 0. The number of hydrogen-bond donors (Lipinski definition) is 2. The van der Waals surface area contributed by atoms with E-state index in [0.29, 0.717) is 0 Å². The maximum Gasteiger partial charge on any atom is 0.190 e. The highest BCUT2D eigenvalue weighted by Crippen LogP contribution is 1.81. The van der Waals surface area contributed by atoms with Crippen LogP contribution in [0.5, 0.6) is 0 Å². The van der Waals surface area contributed by atoms with Gasteiger partial charge in [-0.15, -0.1) is 24.0 Å². The molecule has 2 N–H and O–H groups in total. The highest BCUT2D eigenvalue weighted by Gasteiger charge is 1.95. The Kier molecular flexibility index (Phi) is 13.9. The van der Waals surface area contributed by atoms with Crippen molar-refractivity contribution >= 4 is 29.9 Å². The summed E-state index contributed by atoms with van der Waals surface area (Å²) in [4.78, 5) is 6.31. The van der Waals surface area contributed by atoms with Gasteiger partial charge in [0, 0.05) is 20.1 Å². The first-order chi connectivity index (χ1) is 6.70. The third kappa shape index (κ3) is 11.9. The Hall–Kier alpha value is -0.0400. The molecule has 0 spiro atoms. The highest BCUT2D eigenvalue weighted by atomic mass is 127. The molecular formula is C10H25IN4. The topological polar surface area (TPSA) is 39.7 Å². The summed E-state index contributed by atoms with van der Waals surface area (Å²) in [6, 6.07) is 0. The van der Waals surface area contributed by atoms with Gasteiger partial charge in [0.05, 0.1) is 0 Å². The number of nitrogens with one attached hydrogen (secondary N) is 2. The number of rotatable bonds is 6. The maximum absolute atomic E-state index is 4.12. The van der Waals surface area contributed by atoms with E-state index >= 15 is 0 Å². The fourth-order valence-electron chi connectivity index (χ4n) is 1.07. The van der Waals surface area contributed by atoms with Crippen LogP contribution in [0.25, 0.3) is 0 Å². The van der Waals surface area contributed by atoms with Crippen LogP contribution in [0.1, 0.15) is 19.8 Å². The van der Waals surface area contributed by atoms with Crippen molar-refractivity contribution < 1.29 is 0 Å². The summed E-state index contributed by atoms with van der Waals surface area (Å²) >= 11 is 0. The van der Waals surface area contributed by atoms with E-state index < -0.39 is 0 Å². The van der Waals surface area contributed by atoms with Gasteiger partial charge in [-0.3, -0.25) is 4.99 Å². The average molecular weight is 328 g/mol. The van der Waals surface area contributed by atoms with Crippen molar-refractivity contribution in [3.8, 4) is 0 Å². The first kappa shape index (κ1) is 17.4. The minimum Gasteiger partial charge on any atom is -0.356 e. The summed E-state index contributed by atoms with van der Waals surface area (Å²) in [5, 5.41) is 6.50. The molecule has 0 aromatic heterocycles. The van der Waals surface area contributed by atoms with E-state index in [1.54, 1.807) is 7.05 Å². The zero-order chi connectivity index (χ0) is 10.8. The molecule has 0 aromatic rings. The molecule has 0 fully saturated rings. The molecule has 0 aliphatic carbocycles. The molecule has 4 nitrogen and oxygen atoms in total. The van der Waals surface area contributed by atoms with E-state index in [4.69, 9.17) is 0 Å². The lowest BCUT2D eigenvalue weighted by Crippen LogP contribution is -2.38. The molecule has 0 radical (unpaired) electrons. The van der Waals surface area contributed by atoms with Crippen LogP contribution in [0.3, 0.4) is 0 Å². The Morgan fingerprint density at radius 2 is 1.80 bits per heavy atom. The fourth-order valence-corrected chi connectivity index (χ4v) is 1.07. The normalized spacial score (nSPS) is 11.1. The van der Waals surface area contributed by atoms with Gasteiger partial charge in [0.25, 0.3) is 0 Å². The smallest absolute Gasteiger partial charge is 0.190 e. The van der Waals surface area contributed by atoms with Gasteiger partial charge in [-0.2, -0.15) is 0 Å². The molecule has 0 aromatic carbocycles. The zero-order valence-corrected chi connectivity index (χ0v) is 12.7. The second-order valence-electron chi connectivity index (χ2n) is 3.58. The molecule has 0 heterocycles. The largest absolute Gasteiger partial charge is 0.356 e. The van der Waals surface area contributed by atoms with Crippen molar-refractivity contribution in [3.63, 3.8) is 0 Å². The highest BCUT2D eigenvalue weighted by molar-refractivity contribution is 14.0. The number of hydrogen-bond acceptors (Lipinski definition) is 2. The molecule has 0 atom stereocenters. The molecule has 0 rings (SSSR count). The molecule has 5 heteroatoms. The zero-order valence-electron chi connectivity index (χ0n) is 10.3. The lowest BCUT2D eigenvalue weighted by Gasteiger charge is -2.12. The van der Waals surface area contributed by atoms with Crippen LogP contribution in [0.4, 0.5) is 0 Å². The minimum atomic E-state index is 0. The second kappa shape index (κ2) is 12.0. The summed E-state index contributed by atoms with van der Waals surface area (Å²) < 4.78 is 0. The van der Waals surface area contributed by atoms with Crippen LogP contribution in [-0.4, -0.2) is 51.6 Å². The molecule has 0 bridgehead atoms. The Balaban J connectivity index is 0. The lowest BCUT2D eigenvalue weighted by molar-refractivity contribution is 0.399. The standard InChI is InChI=1S/C10H24N4.HI/c1-5-7-12-10(11-2)13-8-6-9-14(3)4;/h5-9H2,1-4H3,(H2,11,12,13);1H. The van der Waals surface area contributed by atoms with Gasteiger partial charge >= 0.3 is 0 Å². The molecule has 92 valence electrons. The van der Waals surface area contributed by atoms with Crippen LogP contribution >= 0.6 is 24.0 Å². The SMILES string of the molecule is CCCNC(=NC)NCCCN(C)C.I. The van der Waals surface area contributed by atoms with Crippen molar-refractivity contribution in [3.05, 3.63) is 0 Å². The van der Waals surface area contributed by atoms with E-state index in [1.165, 1.54) is 0 Å². The van der Waals surface area contributed by atoms with Crippen LogP contribution in [0.2, 0.25) is 0 Å². The molecule has 0 aliphatic rings. The summed E-state index contributed by atoms with van der Waals surface area (Å²) in [6.07, 6.45) is 2.26.